The standard InChI is InChI=1S/C20H16N4OS2/c21-11-13-5-7-14(8-6-13)12-26-17-4-2-1-3-16(17)18(25)22-20-24-23-19(27-20)15-9-10-15/h1-8,15H,9-10,12H2,(H,22,24,25). The van der Waals surface area contributed by atoms with Crippen LogP contribution in [0.25, 0.3) is 0 Å². The van der Waals surface area contributed by atoms with Gasteiger partial charge < -0.3 is 0 Å². The lowest BCUT2D eigenvalue weighted by atomic mass is 10.2. The van der Waals surface area contributed by atoms with E-state index in [0.717, 1.165) is 34.1 Å². The molecule has 1 aliphatic rings. The maximum absolute atomic E-state index is 12.7. The molecule has 0 radical (unpaired) electrons. The third-order valence-electron chi connectivity index (χ3n) is 4.20. The van der Waals surface area contributed by atoms with Gasteiger partial charge in [-0.25, -0.2) is 0 Å². The van der Waals surface area contributed by atoms with Gasteiger partial charge >= 0.3 is 0 Å². The van der Waals surface area contributed by atoms with Crippen LogP contribution in [0.4, 0.5) is 5.13 Å². The van der Waals surface area contributed by atoms with Crippen molar-refractivity contribution in [2.45, 2.75) is 29.4 Å². The van der Waals surface area contributed by atoms with Crippen molar-refractivity contribution in [3.8, 4) is 6.07 Å². The number of thioether (sulfide) groups is 1. The minimum absolute atomic E-state index is 0.170. The van der Waals surface area contributed by atoms with E-state index in [1.54, 1.807) is 23.9 Å². The monoisotopic (exact) mass is 392 g/mol. The van der Waals surface area contributed by atoms with Gasteiger partial charge in [0.2, 0.25) is 5.13 Å². The Morgan fingerprint density at radius 2 is 1.96 bits per heavy atom. The number of anilines is 1. The van der Waals surface area contributed by atoms with E-state index in [1.807, 2.05) is 36.4 Å². The molecule has 4 rings (SSSR count). The van der Waals surface area contributed by atoms with Crippen molar-refractivity contribution >= 4 is 34.1 Å². The SMILES string of the molecule is N#Cc1ccc(CSc2ccccc2C(=O)Nc2nnc(C3CC3)s2)cc1. The fourth-order valence-electron chi connectivity index (χ4n) is 2.56. The first-order valence-electron chi connectivity index (χ1n) is 8.58. The van der Waals surface area contributed by atoms with E-state index in [4.69, 9.17) is 5.26 Å². The summed E-state index contributed by atoms with van der Waals surface area (Å²) in [4.78, 5) is 13.6. The summed E-state index contributed by atoms with van der Waals surface area (Å²) in [5.74, 6) is 1.08. The van der Waals surface area contributed by atoms with Crippen LogP contribution >= 0.6 is 23.1 Å². The van der Waals surface area contributed by atoms with Crippen molar-refractivity contribution in [2.75, 3.05) is 5.32 Å². The molecule has 5 nitrogen and oxygen atoms in total. The maximum Gasteiger partial charge on any atom is 0.258 e. The quantitative estimate of drug-likeness (QED) is 0.608. The van der Waals surface area contributed by atoms with Crippen molar-refractivity contribution in [1.82, 2.24) is 10.2 Å². The van der Waals surface area contributed by atoms with E-state index in [9.17, 15) is 4.79 Å². The van der Waals surface area contributed by atoms with Gasteiger partial charge in [-0.1, -0.05) is 35.6 Å². The van der Waals surface area contributed by atoms with Crippen LogP contribution in [0.3, 0.4) is 0 Å². The van der Waals surface area contributed by atoms with E-state index < -0.39 is 0 Å². The lowest BCUT2D eigenvalue weighted by molar-refractivity contribution is 0.102. The van der Waals surface area contributed by atoms with E-state index in [0.29, 0.717) is 22.2 Å². The second kappa shape index (κ2) is 7.91. The minimum Gasteiger partial charge on any atom is -0.296 e. The first kappa shape index (κ1) is 17.7. The Balaban J connectivity index is 1.44. The number of carbonyl (C=O) groups is 1. The van der Waals surface area contributed by atoms with E-state index in [2.05, 4.69) is 21.6 Å². The molecule has 134 valence electrons. The average Bonchev–Trinajstić information content (AvgIpc) is 3.46. The van der Waals surface area contributed by atoms with Crippen LogP contribution in [0.15, 0.2) is 53.4 Å². The summed E-state index contributed by atoms with van der Waals surface area (Å²) < 4.78 is 0. The molecular formula is C20H16N4OS2. The van der Waals surface area contributed by atoms with Crippen LogP contribution in [-0.4, -0.2) is 16.1 Å². The molecule has 0 spiro atoms. The summed E-state index contributed by atoms with van der Waals surface area (Å²) in [6.45, 7) is 0. The number of nitrogens with one attached hydrogen (secondary N) is 1. The molecule has 1 N–H and O–H groups in total. The van der Waals surface area contributed by atoms with Crippen LogP contribution in [0.2, 0.25) is 0 Å². The summed E-state index contributed by atoms with van der Waals surface area (Å²) >= 11 is 3.05. The van der Waals surface area contributed by atoms with Crippen LogP contribution in [0, 0.1) is 11.3 Å². The Morgan fingerprint density at radius 1 is 1.19 bits per heavy atom. The number of hydrogen-bond acceptors (Lipinski definition) is 6. The fraction of sp³-hybridized carbons (Fsp3) is 0.200. The number of amides is 1. The Kier molecular flexibility index (Phi) is 5.19. The molecule has 0 bridgehead atoms. The zero-order valence-electron chi connectivity index (χ0n) is 14.4. The summed E-state index contributed by atoms with van der Waals surface area (Å²) in [6, 6.07) is 17.2. The lowest BCUT2D eigenvalue weighted by Crippen LogP contribution is -2.12. The highest BCUT2D eigenvalue weighted by Gasteiger charge is 2.27. The second-order valence-electron chi connectivity index (χ2n) is 6.27. The van der Waals surface area contributed by atoms with Crippen LogP contribution in [0.5, 0.6) is 0 Å². The molecule has 1 fully saturated rings. The molecule has 2 aromatic carbocycles. The Labute approximate surface area is 165 Å². The molecule has 0 aliphatic heterocycles. The molecule has 0 saturated heterocycles. The topological polar surface area (TPSA) is 78.7 Å². The largest absolute Gasteiger partial charge is 0.296 e. The summed E-state index contributed by atoms with van der Waals surface area (Å²) in [7, 11) is 0. The van der Waals surface area contributed by atoms with Gasteiger partial charge in [-0.15, -0.1) is 22.0 Å². The third kappa shape index (κ3) is 4.35. The number of aromatic nitrogens is 2. The van der Waals surface area contributed by atoms with Gasteiger partial charge in [0.1, 0.15) is 5.01 Å². The molecular weight excluding hydrogens is 376 g/mol. The van der Waals surface area contributed by atoms with E-state index >= 15 is 0 Å². The van der Waals surface area contributed by atoms with Crippen molar-refractivity contribution in [3.63, 3.8) is 0 Å². The Hall–Kier alpha value is -2.69. The van der Waals surface area contributed by atoms with Crippen molar-refractivity contribution < 1.29 is 4.79 Å². The highest BCUT2D eigenvalue weighted by Crippen LogP contribution is 2.42. The van der Waals surface area contributed by atoms with Crippen molar-refractivity contribution in [2.24, 2.45) is 0 Å². The van der Waals surface area contributed by atoms with Crippen molar-refractivity contribution in [3.05, 3.63) is 70.2 Å². The van der Waals surface area contributed by atoms with Gasteiger partial charge in [0.05, 0.1) is 17.2 Å². The molecule has 0 atom stereocenters. The molecule has 1 saturated carbocycles. The number of nitriles is 1. The molecule has 7 heteroatoms. The average molecular weight is 393 g/mol. The lowest BCUT2D eigenvalue weighted by Gasteiger charge is -2.08. The normalized spacial score (nSPS) is 13.1. The van der Waals surface area contributed by atoms with Gasteiger partial charge in [-0.2, -0.15) is 5.26 Å². The number of hydrogen-bond donors (Lipinski definition) is 1. The van der Waals surface area contributed by atoms with Gasteiger partial charge in [0.15, 0.2) is 0 Å². The zero-order valence-corrected chi connectivity index (χ0v) is 16.0. The first-order chi connectivity index (χ1) is 13.2. The van der Waals surface area contributed by atoms with E-state index in [-0.39, 0.29) is 5.91 Å². The van der Waals surface area contributed by atoms with Crippen LogP contribution in [-0.2, 0) is 5.75 Å². The molecule has 0 unspecified atom stereocenters. The maximum atomic E-state index is 12.7. The summed E-state index contributed by atoms with van der Waals surface area (Å²) in [5, 5.41) is 21.6. The minimum atomic E-state index is -0.170. The zero-order chi connectivity index (χ0) is 18.6. The second-order valence-corrected chi connectivity index (χ2v) is 8.29. The predicted octanol–water partition coefficient (Wildman–Crippen LogP) is 4.83. The predicted molar refractivity (Wildman–Crippen MR) is 107 cm³/mol. The first-order valence-corrected chi connectivity index (χ1v) is 10.4. The van der Waals surface area contributed by atoms with Crippen LogP contribution < -0.4 is 5.32 Å². The smallest absolute Gasteiger partial charge is 0.258 e. The van der Waals surface area contributed by atoms with Crippen molar-refractivity contribution in [1.29, 1.82) is 5.26 Å². The Morgan fingerprint density at radius 3 is 2.70 bits per heavy atom. The van der Waals surface area contributed by atoms with Crippen LogP contribution in [0.1, 0.15) is 45.3 Å². The summed E-state index contributed by atoms with van der Waals surface area (Å²) in [6.07, 6.45) is 2.33. The molecule has 1 amide bonds. The molecule has 1 aromatic heterocycles. The van der Waals surface area contributed by atoms with Gasteiger partial charge in [0, 0.05) is 16.6 Å². The number of carbonyl (C=O) groups excluding carboxylic acids is 1. The molecule has 27 heavy (non-hydrogen) atoms. The highest BCUT2D eigenvalue weighted by atomic mass is 32.2. The molecule has 3 aromatic rings. The molecule has 1 heterocycles. The van der Waals surface area contributed by atoms with Gasteiger partial charge in [0.25, 0.3) is 5.91 Å². The number of benzene rings is 2. The summed E-state index contributed by atoms with van der Waals surface area (Å²) in [5.41, 5.74) is 2.37. The fourth-order valence-corrected chi connectivity index (χ4v) is 4.47. The number of rotatable bonds is 6. The molecule has 1 aliphatic carbocycles. The van der Waals surface area contributed by atoms with Gasteiger partial charge in [-0.05, 0) is 42.7 Å². The Bertz CT molecular complexity index is 1000. The third-order valence-corrected chi connectivity index (χ3v) is 6.34. The van der Waals surface area contributed by atoms with Gasteiger partial charge in [-0.3, -0.25) is 10.1 Å². The van der Waals surface area contributed by atoms with E-state index in [1.165, 1.54) is 11.3 Å². The number of nitrogens with zero attached hydrogens (tertiary/aromatic N) is 3. The highest BCUT2D eigenvalue weighted by molar-refractivity contribution is 7.98.